The fourth-order valence-electron chi connectivity index (χ4n) is 2.64. The van der Waals surface area contributed by atoms with E-state index in [4.69, 9.17) is 9.84 Å². The first kappa shape index (κ1) is 27.6. The summed E-state index contributed by atoms with van der Waals surface area (Å²) >= 11 is 0. The highest BCUT2D eigenvalue weighted by Crippen LogP contribution is 2.23. The predicted molar refractivity (Wildman–Crippen MR) is 111 cm³/mol. The molecule has 0 amide bonds. The van der Waals surface area contributed by atoms with Crippen LogP contribution in [0.5, 0.6) is 0 Å². The van der Waals surface area contributed by atoms with E-state index in [1.807, 2.05) is 12.2 Å². The van der Waals surface area contributed by atoms with Gasteiger partial charge in [0.2, 0.25) is 0 Å². The Balaban J connectivity index is 0.000000541. The molecule has 0 unspecified atom stereocenters. The number of hydrogen-bond donors (Lipinski definition) is 4. The third kappa shape index (κ3) is 17.2. The van der Waals surface area contributed by atoms with Crippen molar-refractivity contribution in [3.8, 4) is 0 Å². The molecule has 0 aromatic carbocycles. The van der Waals surface area contributed by atoms with Crippen LogP contribution in [-0.2, 0) is 14.3 Å². The average Bonchev–Trinajstić information content (AvgIpc) is 2.48. The summed E-state index contributed by atoms with van der Waals surface area (Å²) in [5, 5.41) is 36.6. The van der Waals surface area contributed by atoms with Crippen molar-refractivity contribution in [2.45, 2.75) is 104 Å². The van der Waals surface area contributed by atoms with Crippen LogP contribution >= 0.6 is 0 Å². The van der Waals surface area contributed by atoms with Gasteiger partial charge in [-0.05, 0) is 36.2 Å². The second-order valence-corrected chi connectivity index (χ2v) is 10.1. The topological polar surface area (TPSA) is 124 Å². The summed E-state index contributed by atoms with van der Waals surface area (Å²) in [6, 6.07) is 0. The molecule has 0 saturated carbocycles. The van der Waals surface area contributed by atoms with Crippen molar-refractivity contribution in [2.24, 2.45) is 10.8 Å². The number of carbonyl (C=O) groups excluding carboxylic acids is 1. The standard InChI is InChI=1S/C11H22O4.C11H18O3/c1-11(2,3)5-4-8(12)6-9(13)7-10(14)15;1-11(2,3)5-4-9-6-8(12)7-10(13)14-9/h8-9,12-13H,4-7H2,1-3H3,(H,14,15);4-5,8-9,12H,6-7H2,1-3H3/b;5-4+/t2*8-,9-/m11/s1. The molecule has 7 heteroatoms. The zero-order valence-corrected chi connectivity index (χ0v) is 18.7. The molecule has 1 heterocycles. The Labute approximate surface area is 174 Å². The zero-order valence-electron chi connectivity index (χ0n) is 18.7. The minimum Gasteiger partial charge on any atom is -0.481 e. The Morgan fingerprint density at radius 2 is 1.76 bits per heavy atom. The molecule has 29 heavy (non-hydrogen) atoms. The third-order valence-corrected chi connectivity index (χ3v) is 4.18. The Hall–Kier alpha value is -1.44. The van der Waals surface area contributed by atoms with Crippen molar-refractivity contribution in [2.75, 3.05) is 0 Å². The van der Waals surface area contributed by atoms with Crippen LogP contribution in [-0.4, -0.2) is 56.8 Å². The Morgan fingerprint density at radius 1 is 1.17 bits per heavy atom. The maximum Gasteiger partial charge on any atom is 0.309 e. The lowest BCUT2D eigenvalue weighted by atomic mass is 9.88. The van der Waals surface area contributed by atoms with Gasteiger partial charge in [-0.1, -0.05) is 47.6 Å². The highest BCUT2D eigenvalue weighted by atomic mass is 16.5. The smallest absolute Gasteiger partial charge is 0.309 e. The van der Waals surface area contributed by atoms with Crippen LogP contribution in [0.2, 0.25) is 0 Å². The highest BCUT2D eigenvalue weighted by Gasteiger charge is 2.25. The summed E-state index contributed by atoms with van der Waals surface area (Å²) in [5.41, 5.74) is 0.230. The molecule has 0 bridgehead atoms. The SMILES string of the molecule is CC(C)(C)/C=C/[C@@H]1C[C@@H](O)CC(=O)O1.CC(C)(C)CC[C@@H](O)C[C@@H](O)CC(=O)O. The highest BCUT2D eigenvalue weighted by molar-refractivity contribution is 5.71. The third-order valence-electron chi connectivity index (χ3n) is 4.18. The number of cyclic esters (lactones) is 1. The summed E-state index contributed by atoms with van der Waals surface area (Å²) in [5.74, 6) is -1.35. The van der Waals surface area contributed by atoms with Crippen molar-refractivity contribution < 1.29 is 34.8 Å². The molecule has 0 aliphatic carbocycles. The molecule has 1 aliphatic heterocycles. The second-order valence-electron chi connectivity index (χ2n) is 10.1. The van der Waals surface area contributed by atoms with Crippen LogP contribution in [0.25, 0.3) is 0 Å². The Kier molecular flexibility index (Phi) is 11.7. The average molecular weight is 417 g/mol. The number of rotatable bonds is 7. The molecule has 4 atom stereocenters. The van der Waals surface area contributed by atoms with Crippen LogP contribution in [0.4, 0.5) is 0 Å². The molecule has 1 rings (SSSR count). The number of carboxylic acids is 1. The van der Waals surface area contributed by atoms with Crippen molar-refractivity contribution in [1.82, 2.24) is 0 Å². The van der Waals surface area contributed by atoms with Gasteiger partial charge in [0.25, 0.3) is 0 Å². The number of hydrogen-bond acceptors (Lipinski definition) is 6. The molecule has 0 aromatic rings. The van der Waals surface area contributed by atoms with Crippen LogP contribution in [0.1, 0.15) is 80.1 Å². The molecule has 7 nitrogen and oxygen atoms in total. The summed E-state index contributed by atoms with van der Waals surface area (Å²) in [6.07, 6.45) is 3.43. The molecule has 4 N–H and O–H groups in total. The van der Waals surface area contributed by atoms with Gasteiger partial charge in [0.05, 0.1) is 31.2 Å². The Bertz CT molecular complexity index is 528. The van der Waals surface area contributed by atoms with Gasteiger partial charge in [0.15, 0.2) is 0 Å². The normalized spacial score (nSPS) is 22.4. The molecule has 0 spiro atoms. The van der Waals surface area contributed by atoms with Gasteiger partial charge < -0.3 is 25.2 Å². The van der Waals surface area contributed by atoms with Crippen molar-refractivity contribution in [3.63, 3.8) is 0 Å². The molecular formula is C22H40O7. The van der Waals surface area contributed by atoms with Gasteiger partial charge >= 0.3 is 11.9 Å². The van der Waals surface area contributed by atoms with Gasteiger partial charge in [-0.15, -0.1) is 0 Å². The number of aliphatic hydroxyl groups excluding tert-OH is 3. The maximum atomic E-state index is 11.0. The number of aliphatic hydroxyl groups is 3. The predicted octanol–water partition coefficient (Wildman–Crippen LogP) is 3.05. The number of aliphatic carboxylic acids is 1. The minimum absolute atomic E-state index is 0.0782. The van der Waals surface area contributed by atoms with Crippen molar-refractivity contribution >= 4 is 11.9 Å². The van der Waals surface area contributed by atoms with Crippen LogP contribution in [0, 0.1) is 10.8 Å². The first-order valence-corrected chi connectivity index (χ1v) is 10.2. The van der Waals surface area contributed by atoms with Crippen LogP contribution in [0.15, 0.2) is 12.2 Å². The van der Waals surface area contributed by atoms with Gasteiger partial charge in [0, 0.05) is 6.42 Å². The fraction of sp³-hybridized carbons (Fsp3) is 0.818. The van der Waals surface area contributed by atoms with E-state index in [9.17, 15) is 24.9 Å². The molecule has 1 fully saturated rings. The lowest BCUT2D eigenvalue weighted by Gasteiger charge is -2.24. The van der Waals surface area contributed by atoms with Gasteiger partial charge in [-0.2, -0.15) is 0 Å². The molecule has 1 saturated heterocycles. The number of carbonyl (C=O) groups is 2. The van der Waals surface area contributed by atoms with E-state index in [-0.39, 0.29) is 42.2 Å². The molecule has 0 radical (unpaired) electrons. The first-order valence-electron chi connectivity index (χ1n) is 10.2. The van der Waals surface area contributed by atoms with E-state index in [1.165, 1.54) is 0 Å². The maximum absolute atomic E-state index is 11.0. The van der Waals surface area contributed by atoms with E-state index in [1.54, 1.807) is 0 Å². The van der Waals surface area contributed by atoms with Crippen LogP contribution < -0.4 is 0 Å². The van der Waals surface area contributed by atoms with E-state index in [0.717, 1.165) is 6.42 Å². The quantitative estimate of drug-likeness (QED) is 0.371. The first-order chi connectivity index (χ1) is 13.1. The minimum atomic E-state index is -1.04. The van der Waals surface area contributed by atoms with E-state index in [2.05, 4.69) is 41.5 Å². The van der Waals surface area contributed by atoms with Crippen molar-refractivity contribution in [3.05, 3.63) is 12.2 Å². The summed E-state index contributed by atoms with van der Waals surface area (Å²) in [7, 11) is 0. The largest absolute Gasteiger partial charge is 0.481 e. The lowest BCUT2D eigenvalue weighted by Crippen LogP contribution is -2.31. The van der Waals surface area contributed by atoms with E-state index >= 15 is 0 Å². The van der Waals surface area contributed by atoms with Crippen LogP contribution in [0.3, 0.4) is 0 Å². The summed E-state index contributed by atoms with van der Waals surface area (Å²) in [6.45, 7) is 12.5. The fourth-order valence-corrected chi connectivity index (χ4v) is 2.64. The number of carboxylic acid groups (broad SMARTS) is 1. The van der Waals surface area contributed by atoms with E-state index in [0.29, 0.717) is 12.8 Å². The zero-order chi connectivity index (χ0) is 22.8. The molecule has 170 valence electrons. The van der Waals surface area contributed by atoms with Crippen molar-refractivity contribution in [1.29, 1.82) is 0 Å². The van der Waals surface area contributed by atoms with E-state index < -0.39 is 24.3 Å². The number of allylic oxidation sites excluding steroid dienone is 1. The summed E-state index contributed by atoms with van der Waals surface area (Å²) in [4.78, 5) is 21.3. The number of ether oxygens (including phenoxy) is 1. The monoisotopic (exact) mass is 416 g/mol. The molecule has 1 aliphatic rings. The number of esters is 1. The van der Waals surface area contributed by atoms with Gasteiger partial charge in [-0.25, -0.2) is 0 Å². The Morgan fingerprint density at radius 3 is 2.21 bits per heavy atom. The molecular weight excluding hydrogens is 376 g/mol. The van der Waals surface area contributed by atoms with Gasteiger partial charge in [0.1, 0.15) is 6.10 Å². The summed E-state index contributed by atoms with van der Waals surface area (Å²) < 4.78 is 5.07. The van der Waals surface area contributed by atoms with Gasteiger partial charge in [-0.3, -0.25) is 9.59 Å². The lowest BCUT2D eigenvalue weighted by molar-refractivity contribution is -0.156. The second kappa shape index (κ2) is 12.3. The molecule has 0 aromatic heterocycles.